The Morgan fingerprint density at radius 2 is 1.28 bits per heavy atom. The van der Waals surface area contributed by atoms with Crippen molar-refractivity contribution in [3.05, 3.63) is 203 Å². The van der Waals surface area contributed by atoms with Gasteiger partial charge in [-0.1, -0.05) is 133 Å². The number of hydrogen-bond donors (Lipinski definition) is 1. The van der Waals surface area contributed by atoms with Crippen LogP contribution in [0.4, 0.5) is 17.1 Å². The van der Waals surface area contributed by atoms with Crippen LogP contribution in [0.25, 0.3) is 16.7 Å². The summed E-state index contributed by atoms with van der Waals surface area (Å²) < 4.78 is 0. The number of anilines is 3. The Labute approximate surface area is 275 Å². The quantitative estimate of drug-likeness (QED) is 0.199. The van der Waals surface area contributed by atoms with Crippen molar-refractivity contribution >= 4 is 28.8 Å². The molecule has 2 heterocycles. The highest BCUT2D eigenvalue weighted by atomic mass is 15.2. The van der Waals surface area contributed by atoms with E-state index in [0.29, 0.717) is 6.54 Å². The minimum Gasteiger partial charge on any atom is -0.383 e. The fourth-order valence-corrected chi connectivity index (χ4v) is 7.74. The van der Waals surface area contributed by atoms with E-state index in [-0.39, 0.29) is 0 Å². The average molecular weight is 604 g/mol. The first-order valence-electron chi connectivity index (χ1n) is 16.3. The van der Waals surface area contributed by atoms with Crippen LogP contribution < -0.4 is 10.2 Å². The predicted molar refractivity (Wildman–Crippen MR) is 195 cm³/mol. The Morgan fingerprint density at radius 3 is 2.00 bits per heavy atom. The van der Waals surface area contributed by atoms with Crippen LogP contribution in [0.2, 0.25) is 0 Å². The summed E-state index contributed by atoms with van der Waals surface area (Å²) in [7, 11) is 0. The van der Waals surface area contributed by atoms with Crippen LogP contribution in [0.5, 0.6) is 0 Å². The third-order valence-corrected chi connectivity index (χ3v) is 9.75. The summed E-state index contributed by atoms with van der Waals surface area (Å²) in [4.78, 5) is 7.11. The number of para-hydroxylation sites is 3. The summed E-state index contributed by atoms with van der Waals surface area (Å²) >= 11 is 0. The first-order valence-corrected chi connectivity index (χ1v) is 16.3. The van der Waals surface area contributed by atoms with Crippen molar-refractivity contribution < 1.29 is 0 Å². The predicted octanol–water partition coefficient (Wildman–Crippen LogP) is 9.97. The molecule has 9 rings (SSSR count). The van der Waals surface area contributed by atoms with Gasteiger partial charge in [-0.2, -0.15) is 0 Å². The van der Waals surface area contributed by atoms with Crippen molar-refractivity contribution in [2.45, 2.75) is 12.0 Å². The molecular weight excluding hydrogens is 571 g/mol. The molecule has 0 saturated carbocycles. The molecule has 0 amide bonds. The largest absolute Gasteiger partial charge is 0.383 e. The second kappa shape index (κ2) is 11.1. The summed E-state index contributed by atoms with van der Waals surface area (Å²) in [6.07, 6.45) is 6.51. The van der Waals surface area contributed by atoms with Gasteiger partial charge < -0.3 is 10.2 Å². The Balaban J connectivity index is 1.19. The molecule has 0 radical (unpaired) electrons. The first kappa shape index (κ1) is 27.4. The molecule has 2 aliphatic heterocycles. The fraction of sp³-hybridized carbons (Fsp3) is 0.0682. The van der Waals surface area contributed by atoms with Gasteiger partial charge in [-0.15, -0.1) is 0 Å². The number of hydrogen-bond acceptors (Lipinski definition) is 3. The summed E-state index contributed by atoms with van der Waals surface area (Å²) in [5.74, 6) is 0. The van der Waals surface area contributed by atoms with Gasteiger partial charge in [0.15, 0.2) is 0 Å². The summed E-state index contributed by atoms with van der Waals surface area (Å²) in [5.41, 5.74) is 15.6. The molecular formula is C44H33N3. The lowest BCUT2D eigenvalue weighted by molar-refractivity contribution is 0.659. The van der Waals surface area contributed by atoms with Crippen molar-refractivity contribution in [1.82, 2.24) is 5.32 Å². The average Bonchev–Trinajstić information content (AvgIpc) is 3.43. The monoisotopic (exact) mass is 603 g/mol. The summed E-state index contributed by atoms with van der Waals surface area (Å²) in [6.45, 7) is 1.46. The Kier molecular flexibility index (Phi) is 6.50. The van der Waals surface area contributed by atoms with Gasteiger partial charge in [0.05, 0.1) is 23.3 Å². The molecule has 6 aromatic carbocycles. The van der Waals surface area contributed by atoms with Gasteiger partial charge in [-0.25, -0.2) is 0 Å². The summed E-state index contributed by atoms with van der Waals surface area (Å²) in [6, 6.07) is 54.9. The maximum absolute atomic E-state index is 4.68. The molecule has 1 aliphatic carbocycles. The van der Waals surface area contributed by atoms with Crippen molar-refractivity contribution in [3.8, 4) is 11.1 Å². The maximum atomic E-state index is 4.68. The van der Waals surface area contributed by atoms with Gasteiger partial charge in [-0.3, -0.25) is 4.99 Å². The lowest BCUT2D eigenvalue weighted by Crippen LogP contribution is -2.41. The highest BCUT2D eigenvalue weighted by Crippen LogP contribution is 2.62. The summed E-state index contributed by atoms with van der Waals surface area (Å²) in [5, 5.41) is 3.88. The standard InChI is InChI=1S/C44H33N3/c1-3-12-31(13-4-1)29-45-30-32-21-23-33(24-22-32)34-25-26-36-37-16-11-27-46-43(37)44(40(36)28-34)38-17-7-9-19-41(38)47(35-14-5-2-6-15-35)42-20-10-8-18-39(42)44/h1-26,28-29,46H,27,30H2/b45-29+. The van der Waals surface area contributed by atoms with Crippen LogP contribution in [-0.4, -0.2) is 12.8 Å². The number of fused-ring (bicyclic) bond motifs is 8. The van der Waals surface area contributed by atoms with E-state index in [1.54, 1.807) is 0 Å². The maximum Gasteiger partial charge on any atom is 0.0901 e. The van der Waals surface area contributed by atoms with Gasteiger partial charge in [0.1, 0.15) is 0 Å². The number of nitrogens with zero attached hydrogens (tertiary/aromatic N) is 2. The molecule has 3 nitrogen and oxygen atoms in total. The normalized spacial score (nSPS) is 15.3. The van der Waals surface area contributed by atoms with E-state index in [1.165, 1.54) is 61.6 Å². The highest BCUT2D eigenvalue weighted by molar-refractivity contribution is 5.98. The van der Waals surface area contributed by atoms with Crippen molar-refractivity contribution in [1.29, 1.82) is 0 Å². The van der Waals surface area contributed by atoms with E-state index in [9.17, 15) is 0 Å². The number of nitrogens with one attached hydrogen (secondary N) is 1. The second-order valence-electron chi connectivity index (χ2n) is 12.4. The minimum absolute atomic E-state index is 0.476. The van der Waals surface area contributed by atoms with Crippen molar-refractivity contribution in [2.75, 3.05) is 11.4 Å². The third-order valence-electron chi connectivity index (χ3n) is 9.75. The molecule has 0 saturated heterocycles. The molecule has 1 spiro atoms. The Hall–Kier alpha value is -5.93. The molecule has 6 aromatic rings. The third kappa shape index (κ3) is 4.31. The van der Waals surface area contributed by atoms with Crippen LogP contribution in [-0.2, 0) is 12.0 Å². The topological polar surface area (TPSA) is 27.6 Å². The molecule has 224 valence electrons. The molecule has 3 aliphatic rings. The number of dihydropyridines is 1. The number of aliphatic imine (C=N–C) groups is 1. The number of allylic oxidation sites excluding steroid dienone is 3. The molecule has 0 bridgehead atoms. The van der Waals surface area contributed by atoms with E-state index in [0.717, 1.165) is 17.8 Å². The smallest absolute Gasteiger partial charge is 0.0901 e. The van der Waals surface area contributed by atoms with E-state index in [1.807, 2.05) is 24.4 Å². The molecule has 3 heteroatoms. The van der Waals surface area contributed by atoms with Crippen LogP contribution in [0.3, 0.4) is 0 Å². The minimum atomic E-state index is -0.476. The molecule has 0 unspecified atom stereocenters. The van der Waals surface area contributed by atoms with Gasteiger partial charge in [0.25, 0.3) is 0 Å². The molecule has 0 atom stereocenters. The van der Waals surface area contributed by atoms with Crippen LogP contribution in [0.15, 0.2) is 175 Å². The van der Waals surface area contributed by atoms with Gasteiger partial charge in [-0.05, 0) is 74.8 Å². The van der Waals surface area contributed by atoms with E-state index in [4.69, 9.17) is 0 Å². The lowest BCUT2D eigenvalue weighted by atomic mass is 9.65. The number of benzene rings is 6. The van der Waals surface area contributed by atoms with Crippen LogP contribution in [0.1, 0.15) is 33.4 Å². The molecule has 0 aromatic heterocycles. The van der Waals surface area contributed by atoms with Crippen molar-refractivity contribution in [2.24, 2.45) is 4.99 Å². The Bertz CT molecular complexity index is 2160. The SMILES string of the molecule is C1=CC2=C(NC1)C1(c3cc(-c4ccc(C/N=C/c5ccccc5)cc4)ccc32)c2ccccc2N(c2ccccc2)c2ccccc21. The first-order chi connectivity index (χ1) is 23.3. The van der Waals surface area contributed by atoms with Crippen molar-refractivity contribution in [3.63, 3.8) is 0 Å². The zero-order chi connectivity index (χ0) is 31.2. The van der Waals surface area contributed by atoms with Gasteiger partial charge in [0.2, 0.25) is 0 Å². The highest BCUT2D eigenvalue weighted by Gasteiger charge is 2.53. The zero-order valence-electron chi connectivity index (χ0n) is 26.0. The molecule has 47 heavy (non-hydrogen) atoms. The van der Waals surface area contributed by atoms with Gasteiger partial charge >= 0.3 is 0 Å². The van der Waals surface area contributed by atoms with E-state index < -0.39 is 5.41 Å². The molecule has 0 fully saturated rings. The van der Waals surface area contributed by atoms with Crippen LogP contribution >= 0.6 is 0 Å². The molecule has 1 N–H and O–H groups in total. The van der Waals surface area contributed by atoms with Crippen LogP contribution in [0, 0.1) is 0 Å². The Morgan fingerprint density at radius 1 is 0.638 bits per heavy atom. The second-order valence-corrected chi connectivity index (χ2v) is 12.4. The zero-order valence-corrected chi connectivity index (χ0v) is 26.0. The lowest BCUT2D eigenvalue weighted by Gasteiger charge is -2.46. The fourth-order valence-electron chi connectivity index (χ4n) is 7.74. The number of rotatable bonds is 5. The van der Waals surface area contributed by atoms with E-state index >= 15 is 0 Å². The van der Waals surface area contributed by atoms with Gasteiger partial charge in [0, 0.05) is 29.7 Å². The van der Waals surface area contributed by atoms with E-state index in [2.05, 4.69) is 161 Å².